The van der Waals surface area contributed by atoms with Gasteiger partial charge in [0.05, 0.1) is 17.7 Å². The van der Waals surface area contributed by atoms with Crippen LogP contribution in [0.1, 0.15) is 48.9 Å². The normalized spacial score (nSPS) is 21.2. The van der Waals surface area contributed by atoms with Gasteiger partial charge in [0.25, 0.3) is 5.91 Å². The lowest BCUT2D eigenvalue weighted by Crippen LogP contribution is -2.40. The predicted molar refractivity (Wildman–Crippen MR) is 115 cm³/mol. The van der Waals surface area contributed by atoms with Crippen LogP contribution < -0.4 is 15.8 Å². The van der Waals surface area contributed by atoms with Gasteiger partial charge in [0.15, 0.2) is 0 Å². The van der Waals surface area contributed by atoms with Crippen molar-refractivity contribution in [3.63, 3.8) is 0 Å². The van der Waals surface area contributed by atoms with Gasteiger partial charge < -0.3 is 20.8 Å². The number of hydrogen-bond donors (Lipinski definition) is 3. The van der Waals surface area contributed by atoms with E-state index in [0.29, 0.717) is 46.1 Å². The number of fused-ring (bicyclic) bond motifs is 1. The molecule has 2 aliphatic rings. The molecule has 0 bridgehead atoms. The summed E-state index contributed by atoms with van der Waals surface area (Å²) in [4.78, 5) is 24.8. The van der Waals surface area contributed by atoms with E-state index in [1.165, 1.54) is 18.5 Å². The summed E-state index contributed by atoms with van der Waals surface area (Å²) >= 11 is 0. The first-order valence-corrected chi connectivity index (χ1v) is 10.9. The van der Waals surface area contributed by atoms with Crippen molar-refractivity contribution in [3.8, 4) is 17.0 Å². The Kier molecular flexibility index (Phi) is 5.31. The van der Waals surface area contributed by atoms with Crippen molar-refractivity contribution in [2.75, 3.05) is 6.61 Å². The molecule has 1 aromatic carbocycles. The number of H-pyrrole nitrogens is 1. The molecule has 2 fully saturated rings. The number of carbonyl (C=O) groups is 1. The van der Waals surface area contributed by atoms with E-state index in [1.807, 2.05) is 0 Å². The smallest absolute Gasteiger partial charge is 0.255 e. The van der Waals surface area contributed by atoms with Crippen LogP contribution in [-0.4, -0.2) is 39.5 Å². The van der Waals surface area contributed by atoms with Crippen LogP contribution in [0.5, 0.6) is 5.75 Å². The van der Waals surface area contributed by atoms with Crippen molar-refractivity contribution in [1.29, 1.82) is 0 Å². The lowest BCUT2D eigenvalue weighted by atomic mass is 9.91. The van der Waals surface area contributed by atoms with Crippen molar-refractivity contribution in [3.05, 3.63) is 42.1 Å². The maximum absolute atomic E-state index is 13.9. The fourth-order valence-corrected chi connectivity index (χ4v) is 4.15. The average molecular weight is 423 g/mol. The highest BCUT2D eigenvalue weighted by Gasteiger charge is 2.25. The van der Waals surface area contributed by atoms with E-state index >= 15 is 0 Å². The molecule has 2 aliphatic carbocycles. The zero-order valence-electron chi connectivity index (χ0n) is 17.2. The van der Waals surface area contributed by atoms with Crippen LogP contribution in [-0.2, 0) is 0 Å². The Morgan fingerprint density at radius 2 is 2.00 bits per heavy atom. The minimum Gasteiger partial charge on any atom is -0.492 e. The van der Waals surface area contributed by atoms with E-state index in [1.54, 1.807) is 12.3 Å². The van der Waals surface area contributed by atoms with Gasteiger partial charge >= 0.3 is 0 Å². The average Bonchev–Trinajstić information content (AvgIpc) is 3.50. The number of nitrogens with one attached hydrogen (secondary N) is 2. The molecular weight excluding hydrogens is 397 g/mol. The number of halogens is 1. The van der Waals surface area contributed by atoms with E-state index in [9.17, 15) is 9.18 Å². The number of amides is 1. The summed E-state index contributed by atoms with van der Waals surface area (Å²) < 4.78 is 19.8. The van der Waals surface area contributed by atoms with Gasteiger partial charge in [-0.3, -0.25) is 4.79 Å². The van der Waals surface area contributed by atoms with Crippen LogP contribution in [0.15, 0.2) is 30.7 Å². The van der Waals surface area contributed by atoms with Crippen molar-refractivity contribution in [2.24, 2.45) is 11.7 Å². The number of aromatic amines is 1. The highest BCUT2D eigenvalue weighted by atomic mass is 19.1. The van der Waals surface area contributed by atoms with Gasteiger partial charge in [0, 0.05) is 29.9 Å². The summed E-state index contributed by atoms with van der Waals surface area (Å²) in [6.07, 6.45) is 8.96. The van der Waals surface area contributed by atoms with Crippen LogP contribution in [0.2, 0.25) is 0 Å². The monoisotopic (exact) mass is 423 g/mol. The molecule has 8 heteroatoms. The predicted octanol–water partition coefficient (Wildman–Crippen LogP) is 3.55. The Hall–Kier alpha value is -3.00. The molecule has 31 heavy (non-hydrogen) atoms. The third-order valence-electron chi connectivity index (χ3n) is 6.19. The van der Waals surface area contributed by atoms with Crippen molar-refractivity contribution in [2.45, 2.75) is 50.6 Å². The fraction of sp³-hybridized carbons (Fsp3) is 0.435. The SMILES string of the molecule is N[C@H]1CC[C@H](NC(=O)c2c[nH]c3c(-c4ccc(F)cc4OCC4CC4)ncnc23)CC1. The Labute approximate surface area is 179 Å². The molecule has 4 N–H and O–H groups in total. The minimum absolute atomic E-state index is 0.123. The topological polar surface area (TPSA) is 106 Å². The third-order valence-corrected chi connectivity index (χ3v) is 6.19. The summed E-state index contributed by atoms with van der Waals surface area (Å²) in [5.74, 6) is 0.460. The summed E-state index contributed by atoms with van der Waals surface area (Å²) in [5, 5.41) is 3.10. The zero-order chi connectivity index (χ0) is 21.4. The maximum atomic E-state index is 13.9. The Morgan fingerprint density at radius 3 is 2.77 bits per heavy atom. The standard InChI is InChI=1S/C23H26FN5O2/c24-14-3-8-17(19(9-14)31-11-13-1-2-13)20-22-21(28-12-27-20)18(10-26-22)23(30)29-16-6-4-15(25)5-7-16/h3,8-10,12-13,15-16,26H,1-2,4-7,11,25H2,(H,29,30)/t15-,16-. The van der Waals surface area contributed by atoms with Gasteiger partial charge in [-0.25, -0.2) is 14.4 Å². The van der Waals surface area contributed by atoms with Gasteiger partial charge in [-0.15, -0.1) is 0 Å². The maximum Gasteiger partial charge on any atom is 0.255 e. The molecule has 2 heterocycles. The molecule has 0 atom stereocenters. The number of aromatic nitrogens is 3. The third kappa shape index (κ3) is 4.25. The molecule has 0 radical (unpaired) electrons. The van der Waals surface area contributed by atoms with Gasteiger partial charge in [0.1, 0.15) is 29.1 Å². The van der Waals surface area contributed by atoms with Crippen LogP contribution in [0.3, 0.4) is 0 Å². The Morgan fingerprint density at radius 1 is 1.19 bits per heavy atom. The first kappa shape index (κ1) is 19.9. The van der Waals surface area contributed by atoms with E-state index in [-0.39, 0.29) is 23.8 Å². The van der Waals surface area contributed by atoms with Crippen LogP contribution in [0.25, 0.3) is 22.3 Å². The summed E-state index contributed by atoms with van der Waals surface area (Å²) in [6, 6.07) is 4.78. The lowest BCUT2D eigenvalue weighted by Gasteiger charge is -2.26. The summed E-state index contributed by atoms with van der Waals surface area (Å²) in [6.45, 7) is 0.564. The van der Waals surface area contributed by atoms with Gasteiger partial charge in [0.2, 0.25) is 0 Å². The molecule has 3 aromatic rings. The van der Waals surface area contributed by atoms with Crippen molar-refractivity contribution >= 4 is 16.9 Å². The molecule has 5 rings (SSSR count). The first-order valence-electron chi connectivity index (χ1n) is 10.9. The molecule has 7 nitrogen and oxygen atoms in total. The second kappa shape index (κ2) is 8.26. The Bertz CT molecular complexity index is 1100. The fourth-order valence-electron chi connectivity index (χ4n) is 4.15. The quantitative estimate of drug-likeness (QED) is 0.562. The van der Waals surface area contributed by atoms with Crippen LogP contribution in [0.4, 0.5) is 4.39 Å². The van der Waals surface area contributed by atoms with E-state index in [0.717, 1.165) is 38.5 Å². The molecule has 0 unspecified atom stereocenters. The van der Waals surface area contributed by atoms with Crippen LogP contribution in [0, 0.1) is 11.7 Å². The molecule has 2 saturated carbocycles. The van der Waals surface area contributed by atoms with Gasteiger partial charge in [-0.2, -0.15) is 0 Å². The molecule has 1 amide bonds. The zero-order valence-corrected chi connectivity index (χ0v) is 17.2. The molecule has 0 aliphatic heterocycles. The summed E-state index contributed by atoms with van der Waals surface area (Å²) in [7, 11) is 0. The second-order valence-corrected chi connectivity index (χ2v) is 8.63. The minimum atomic E-state index is -0.362. The second-order valence-electron chi connectivity index (χ2n) is 8.63. The van der Waals surface area contributed by atoms with E-state index in [2.05, 4.69) is 20.3 Å². The number of rotatable bonds is 6. The number of ether oxygens (including phenoxy) is 1. The highest BCUT2D eigenvalue weighted by molar-refractivity contribution is 6.07. The van der Waals surface area contributed by atoms with Gasteiger partial charge in [-0.05, 0) is 56.6 Å². The molecule has 0 spiro atoms. The number of hydrogen-bond acceptors (Lipinski definition) is 5. The van der Waals surface area contributed by atoms with Crippen molar-refractivity contribution in [1.82, 2.24) is 20.3 Å². The number of nitrogens with two attached hydrogens (primary N) is 1. The number of nitrogens with zero attached hydrogens (tertiary/aromatic N) is 2. The van der Waals surface area contributed by atoms with Crippen molar-refractivity contribution < 1.29 is 13.9 Å². The number of benzene rings is 1. The molecular formula is C23H26FN5O2. The van der Waals surface area contributed by atoms with Gasteiger partial charge in [-0.1, -0.05) is 0 Å². The summed E-state index contributed by atoms with van der Waals surface area (Å²) in [5.41, 5.74) is 8.85. The Balaban J connectivity index is 1.44. The largest absolute Gasteiger partial charge is 0.492 e. The van der Waals surface area contributed by atoms with E-state index in [4.69, 9.17) is 10.5 Å². The van der Waals surface area contributed by atoms with Crippen LogP contribution >= 0.6 is 0 Å². The lowest BCUT2D eigenvalue weighted by molar-refractivity contribution is 0.0927. The molecule has 2 aromatic heterocycles. The molecule has 0 saturated heterocycles. The number of carbonyl (C=O) groups excluding carboxylic acids is 1. The highest BCUT2D eigenvalue weighted by Crippen LogP contribution is 2.36. The molecule has 162 valence electrons. The van der Waals surface area contributed by atoms with E-state index < -0.39 is 0 Å². The first-order chi connectivity index (χ1) is 15.1.